The number of ether oxygens (including phenoxy) is 1. The molecular formula is C27H35N3O2. The van der Waals surface area contributed by atoms with Crippen LogP contribution in [-0.2, 0) is 23.2 Å². The molecule has 0 bridgehead atoms. The summed E-state index contributed by atoms with van der Waals surface area (Å²) in [4.78, 5) is 16.5. The first-order valence-electron chi connectivity index (χ1n) is 11.4. The Morgan fingerprint density at radius 3 is 2.50 bits per heavy atom. The van der Waals surface area contributed by atoms with Crippen molar-refractivity contribution in [2.75, 3.05) is 13.2 Å². The zero-order valence-electron chi connectivity index (χ0n) is 19.8. The van der Waals surface area contributed by atoms with E-state index in [2.05, 4.69) is 67.6 Å². The molecule has 0 aliphatic rings. The number of hydrogen-bond donors (Lipinski definition) is 1. The molecule has 0 unspecified atom stereocenters. The number of aryl methyl sites for hydroxylation is 2. The highest BCUT2D eigenvalue weighted by Crippen LogP contribution is 2.24. The molecule has 0 aliphatic carbocycles. The smallest absolute Gasteiger partial charge is 0.246 e. The van der Waals surface area contributed by atoms with Gasteiger partial charge in [-0.2, -0.15) is 0 Å². The van der Waals surface area contributed by atoms with E-state index in [0.29, 0.717) is 18.7 Å². The quantitative estimate of drug-likeness (QED) is 0.343. The monoisotopic (exact) mass is 433 g/mol. The fraction of sp³-hybridized carbons (Fsp3) is 0.407. The van der Waals surface area contributed by atoms with Gasteiger partial charge >= 0.3 is 0 Å². The third-order valence-electron chi connectivity index (χ3n) is 5.50. The third kappa shape index (κ3) is 6.22. The van der Waals surface area contributed by atoms with Gasteiger partial charge in [-0.25, -0.2) is 4.98 Å². The van der Waals surface area contributed by atoms with Gasteiger partial charge in [0.1, 0.15) is 11.6 Å². The van der Waals surface area contributed by atoms with Gasteiger partial charge in [0.05, 0.1) is 17.6 Å². The predicted octanol–water partition coefficient (Wildman–Crippen LogP) is 5.43. The molecule has 1 aromatic heterocycles. The molecule has 5 nitrogen and oxygen atoms in total. The lowest BCUT2D eigenvalue weighted by Crippen LogP contribution is -2.25. The SMILES string of the molecule is C=C(C)C(=O)NCCCc1nc2ccccc2n1CCCOc1ccc(C(C)(C)C)cc1. The molecule has 0 aliphatic heterocycles. The van der Waals surface area contributed by atoms with E-state index in [9.17, 15) is 4.79 Å². The Morgan fingerprint density at radius 2 is 1.81 bits per heavy atom. The summed E-state index contributed by atoms with van der Waals surface area (Å²) in [6.45, 7) is 14.1. The standard InChI is InChI=1S/C27H35N3O2/c1-20(2)26(31)28-17-8-12-25-29-23-10-6-7-11-24(23)30(25)18-9-19-32-22-15-13-21(14-16-22)27(3,4)5/h6-7,10-11,13-16H,1,8-9,12,17-19H2,2-5H3,(H,28,31). The molecule has 0 saturated heterocycles. The Bertz CT molecular complexity index is 1060. The summed E-state index contributed by atoms with van der Waals surface area (Å²) in [5, 5.41) is 2.89. The van der Waals surface area contributed by atoms with Gasteiger partial charge in [-0.15, -0.1) is 0 Å². The highest BCUT2D eigenvalue weighted by molar-refractivity contribution is 5.92. The molecule has 3 aromatic rings. The summed E-state index contributed by atoms with van der Waals surface area (Å²) in [6, 6.07) is 16.6. The number of carbonyl (C=O) groups excluding carboxylic acids is 1. The second-order valence-electron chi connectivity index (χ2n) is 9.28. The number of para-hydroxylation sites is 2. The van der Waals surface area contributed by atoms with E-state index in [4.69, 9.17) is 9.72 Å². The van der Waals surface area contributed by atoms with Crippen LogP contribution in [0.2, 0.25) is 0 Å². The molecule has 1 amide bonds. The van der Waals surface area contributed by atoms with Gasteiger partial charge in [-0.1, -0.05) is 51.6 Å². The number of imidazole rings is 1. The molecule has 0 radical (unpaired) electrons. The summed E-state index contributed by atoms with van der Waals surface area (Å²) in [7, 11) is 0. The molecule has 0 atom stereocenters. The van der Waals surface area contributed by atoms with Gasteiger partial charge in [-0.3, -0.25) is 4.79 Å². The van der Waals surface area contributed by atoms with E-state index in [0.717, 1.165) is 48.4 Å². The number of nitrogens with zero attached hydrogens (tertiary/aromatic N) is 2. The van der Waals surface area contributed by atoms with Crippen molar-refractivity contribution in [2.45, 2.75) is 58.9 Å². The van der Waals surface area contributed by atoms with E-state index in [-0.39, 0.29) is 11.3 Å². The van der Waals surface area contributed by atoms with Gasteiger partial charge in [0, 0.05) is 25.1 Å². The van der Waals surface area contributed by atoms with Crippen LogP contribution in [0.3, 0.4) is 0 Å². The third-order valence-corrected chi connectivity index (χ3v) is 5.50. The van der Waals surface area contributed by atoms with E-state index in [1.54, 1.807) is 6.92 Å². The maximum Gasteiger partial charge on any atom is 0.246 e. The Morgan fingerprint density at radius 1 is 1.09 bits per heavy atom. The van der Waals surface area contributed by atoms with Gasteiger partial charge in [-0.05, 0) is 55.0 Å². The van der Waals surface area contributed by atoms with Gasteiger partial charge in [0.25, 0.3) is 0 Å². The summed E-state index contributed by atoms with van der Waals surface area (Å²) in [5.74, 6) is 1.86. The first kappa shape index (κ1) is 23.6. The van der Waals surface area contributed by atoms with Crippen LogP contribution in [0.5, 0.6) is 5.75 Å². The van der Waals surface area contributed by atoms with Gasteiger partial charge < -0.3 is 14.6 Å². The Labute approximate surface area is 191 Å². The number of fused-ring (bicyclic) bond motifs is 1. The van der Waals surface area contributed by atoms with E-state index < -0.39 is 0 Å². The van der Waals surface area contributed by atoms with E-state index in [1.807, 2.05) is 18.2 Å². The average molecular weight is 434 g/mol. The summed E-state index contributed by atoms with van der Waals surface area (Å²) in [5.41, 5.74) is 4.13. The maximum absolute atomic E-state index is 11.7. The molecule has 170 valence electrons. The van der Waals surface area contributed by atoms with Crippen LogP contribution >= 0.6 is 0 Å². The minimum atomic E-state index is -0.0915. The number of amides is 1. The largest absolute Gasteiger partial charge is 0.494 e. The van der Waals surface area contributed by atoms with Crippen LogP contribution in [0.15, 0.2) is 60.7 Å². The molecule has 1 heterocycles. The first-order chi connectivity index (χ1) is 15.3. The first-order valence-corrected chi connectivity index (χ1v) is 11.4. The normalized spacial score (nSPS) is 11.5. The zero-order chi connectivity index (χ0) is 23.1. The Kier molecular flexibility index (Phi) is 7.73. The van der Waals surface area contributed by atoms with Crippen molar-refractivity contribution < 1.29 is 9.53 Å². The molecule has 5 heteroatoms. The topological polar surface area (TPSA) is 56.2 Å². The lowest BCUT2D eigenvalue weighted by molar-refractivity contribution is -0.117. The summed E-state index contributed by atoms with van der Waals surface area (Å²) >= 11 is 0. The number of benzene rings is 2. The van der Waals surface area contributed by atoms with Crippen molar-refractivity contribution in [3.8, 4) is 5.75 Å². The van der Waals surface area contributed by atoms with Gasteiger partial charge in [0.15, 0.2) is 0 Å². The van der Waals surface area contributed by atoms with Crippen LogP contribution in [-0.4, -0.2) is 28.6 Å². The van der Waals surface area contributed by atoms with E-state index in [1.165, 1.54) is 5.56 Å². The predicted molar refractivity (Wildman–Crippen MR) is 131 cm³/mol. The second-order valence-corrected chi connectivity index (χ2v) is 9.28. The van der Waals surface area contributed by atoms with Crippen molar-refractivity contribution in [3.05, 3.63) is 72.1 Å². The Balaban J connectivity index is 1.57. The number of rotatable bonds is 10. The molecule has 0 saturated carbocycles. The van der Waals surface area contributed by atoms with Crippen molar-refractivity contribution in [3.63, 3.8) is 0 Å². The molecule has 0 fully saturated rings. The minimum absolute atomic E-state index is 0.0915. The highest BCUT2D eigenvalue weighted by atomic mass is 16.5. The number of aromatic nitrogens is 2. The van der Waals surface area contributed by atoms with Crippen LogP contribution in [0.25, 0.3) is 11.0 Å². The molecule has 32 heavy (non-hydrogen) atoms. The molecule has 1 N–H and O–H groups in total. The lowest BCUT2D eigenvalue weighted by atomic mass is 9.87. The Hall–Kier alpha value is -3.08. The number of nitrogens with one attached hydrogen (secondary N) is 1. The molecular weight excluding hydrogens is 398 g/mol. The molecule has 2 aromatic carbocycles. The fourth-order valence-electron chi connectivity index (χ4n) is 3.63. The summed E-state index contributed by atoms with van der Waals surface area (Å²) < 4.78 is 8.26. The van der Waals surface area contributed by atoms with Crippen molar-refractivity contribution >= 4 is 16.9 Å². The number of carbonyl (C=O) groups is 1. The highest BCUT2D eigenvalue weighted by Gasteiger charge is 2.13. The van der Waals surface area contributed by atoms with Crippen LogP contribution in [0.4, 0.5) is 0 Å². The van der Waals surface area contributed by atoms with Crippen LogP contribution in [0, 0.1) is 0 Å². The zero-order valence-corrected chi connectivity index (χ0v) is 19.8. The fourth-order valence-corrected chi connectivity index (χ4v) is 3.63. The summed E-state index contributed by atoms with van der Waals surface area (Å²) in [6.07, 6.45) is 2.53. The van der Waals surface area contributed by atoms with Crippen molar-refractivity contribution in [2.24, 2.45) is 0 Å². The lowest BCUT2D eigenvalue weighted by Gasteiger charge is -2.19. The van der Waals surface area contributed by atoms with Crippen molar-refractivity contribution in [1.29, 1.82) is 0 Å². The average Bonchev–Trinajstić information content (AvgIpc) is 3.11. The second kappa shape index (κ2) is 10.5. The minimum Gasteiger partial charge on any atom is -0.494 e. The maximum atomic E-state index is 11.7. The molecule has 3 rings (SSSR count). The van der Waals surface area contributed by atoms with Crippen molar-refractivity contribution in [1.82, 2.24) is 14.9 Å². The van der Waals surface area contributed by atoms with E-state index >= 15 is 0 Å². The van der Waals surface area contributed by atoms with Crippen LogP contribution < -0.4 is 10.1 Å². The van der Waals surface area contributed by atoms with Crippen LogP contribution in [0.1, 0.15) is 51.9 Å². The number of hydrogen-bond acceptors (Lipinski definition) is 3. The molecule has 0 spiro atoms. The van der Waals surface area contributed by atoms with Gasteiger partial charge in [0.2, 0.25) is 5.91 Å².